The van der Waals surface area contributed by atoms with Crippen molar-refractivity contribution >= 4 is 23.6 Å². The quantitative estimate of drug-likeness (QED) is 0.620. The number of rotatable bonds is 9. The molecule has 0 bridgehead atoms. The predicted molar refractivity (Wildman–Crippen MR) is 97.4 cm³/mol. The molecule has 0 unspecified atom stereocenters. The van der Waals surface area contributed by atoms with E-state index >= 15 is 0 Å². The third-order valence-electron chi connectivity index (χ3n) is 4.34. The minimum atomic E-state index is -0.872. The Morgan fingerprint density at radius 2 is 1.81 bits per heavy atom. The summed E-state index contributed by atoms with van der Waals surface area (Å²) in [6.07, 6.45) is 3.01. The van der Waals surface area contributed by atoms with E-state index in [0.717, 1.165) is 12.8 Å². The molecule has 1 saturated carbocycles. The van der Waals surface area contributed by atoms with E-state index in [1.165, 1.54) is 14.2 Å². The first-order valence-electron chi connectivity index (χ1n) is 8.59. The molecule has 1 aliphatic rings. The number of aromatic nitrogens is 2. The topological polar surface area (TPSA) is 111 Å². The van der Waals surface area contributed by atoms with Crippen molar-refractivity contribution < 1.29 is 24.2 Å². The fraction of sp³-hybridized carbons (Fsp3) is 0.647. The molecular formula is C17H25N3O5S. The van der Waals surface area contributed by atoms with Gasteiger partial charge in [-0.2, -0.15) is 21.7 Å². The molecule has 1 amide bonds. The van der Waals surface area contributed by atoms with E-state index in [4.69, 9.17) is 9.47 Å². The Kier molecular flexibility index (Phi) is 7.96. The smallest absolute Gasteiger partial charge is 0.307 e. The van der Waals surface area contributed by atoms with Crippen LogP contribution in [0, 0.1) is 11.8 Å². The van der Waals surface area contributed by atoms with Crippen LogP contribution in [0.5, 0.6) is 11.8 Å². The fourth-order valence-corrected chi connectivity index (χ4v) is 3.71. The molecule has 144 valence electrons. The minimum absolute atomic E-state index is 0.156. The molecule has 1 aromatic rings. The van der Waals surface area contributed by atoms with Crippen molar-refractivity contribution in [2.75, 3.05) is 26.5 Å². The highest BCUT2D eigenvalue weighted by Crippen LogP contribution is 2.30. The van der Waals surface area contributed by atoms with Gasteiger partial charge in [0.15, 0.2) is 0 Å². The number of carbonyl (C=O) groups excluding carboxylic acids is 1. The van der Waals surface area contributed by atoms with E-state index in [2.05, 4.69) is 15.3 Å². The normalized spacial score (nSPS) is 19.6. The standard InChI is InChI=1S/C17H25N3O5S/c1-24-14-9-15(25-2)20-13(19-14)10-26-8-7-18-16(21)11-5-3-4-6-12(11)17(22)23/h9,11-12H,3-8,10H2,1-2H3,(H,18,21)(H,22,23)/t11-,12-/m1/s1. The van der Waals surface area contributed by atoms with Crippen molar-refractivity contribution in [3.63, 3.8) is 0 Å². The van der Waals surface area contributed by atoms with Crippen LogP contribution in [0.25, 0.3) is 0 Å². The number of ether oxygens (including phenoxy) is 2. The first-order chi connectivity index (χ1) is 12.5. The molecule has 0 spiro atoms. The second-order valence-corrected chi connectivity index (χ2v) is 7.15. The molecule has 2 rings (SSSR count). The van der Waals surface area contributed by atoms with Crippen molar-refractivity contribution in [3.8, 4) is 11.8 Å². The van der Waals surface area contributed by atoms with Gasteiger partial charge in [-0.25, -0.2) is 0 Å². The first-order valence-corrected chi connectivity index (χ1v) is 9.74. The van der Waals surface area contributed by atoms with E-state index in [9.17, 15) is 14.7 Å². The maximum atomic E-state index is 12.3. The summed E-state index contributed by atoms with van der Waals surface area (Å²) < 4.78 is 10.2. The predicted octanol–water partition coefficient (Wildman–Crippen LogP) is 1.73. The maximum Gasteiger partial charge on any atom is 0.307 e. The summed E-state index contributed by atoms with van der Waals surface area (Å²) in [5.74, 6) is 0.710. The highest BCUT2D eigenvalue weighted by Gasteiger charge is 2.35. The number of carboxylic acid groups (broad SMARTS) is 1. The van der Waals surface area contributed by atoms with Crippen LogP contribution >= 0.6 is 11.8 Å². The summed E-state index contributed by atoms with van der Waals surface area (Å²) in [5.41, 5.74) is 0. The third-order valence-corrected chi connectivity index (χ3v) is 5.30. The fourth-order valence-electron chi connectivity index (χ4n) is 3.00. The van der Waals surface area contributed by atoms with Crippen LogP contribution in [-0.2, 0) is 15.3 Å². The van der Waals surface area contributed by atoms with Gasteiger partial charge in [-0.15, -0.1) is 0 Å². The SMILES string of the molecule is COc1cc(OC)nc(CSCCNC(=O)[C@@H]2CCCC[C@H]2C(=O)O)n1. The van der Waals surface area contributed by atoms with E-state index < -0.39 is 17.8 Å². The molecule has 1 heterocycles. The highest BCUT2D eigenvalue weighted by molar-refractivity contribution is 7.98. The van der Waals surface area contributed by atoms with Crippen LogP contribution in [-0.4, -0.2) is 53.5 Å². The summed E-state index contributed by atoms with van der Waals surface area (Å²) in [6.45, 7) is 0.480. The number of aliphatic carboxylic acids is 1. The number of hydrogen-bond acceptors (Lipinski definition) is 7. The number of thioether (sulfide) groups is 1. The van der Waals surface area contributed by atoms with E-state index in [-0.39, 0.29) is 5.91 Å². The number of carboxylic acids is 1. The molecule has 0 aliphatic heterocycles. The Labute approximate surface area is 157 Å². The van der Waals surface area contributed by atoms with Crippen molar-refractivity contribution in [1.29, 1.82) is 0 Å². The summed E-state index contributed by atoms with van der Waals surface area (Å²) in [6, 6.07) is 1.61. The molecule has 1 aromatic heterocycles. The molecule has 2 N–H and O–H groups in total. The Morgan fingerprint density at radius 3 is 2.38 bits per heavy atom. The van der Waals surface area contributed by atoms with Gasteiger partial charge >= 0.3 is 5.97 Å². The van der Waals surface area contributed by atoms with Gasteiger partial charge in [-0.05, 0) is 12.8 Å². The summed E-state index contributed by atoms with van der Waals surface area (Å²) in [7, 11) is 3.06. The molecule has 0 saturated heterocycles. The lowest BCUT2D eigenvalue weighted by Crippen LogP contribution is -2.40. The average molecular weight is 383 g/mol. The monoisotopic (exact) mass is 383 g/mol. The molecule has 8 nitrogen and oxygen atoms in total. The van der Waals surface area contributed by atoms with Crippen LogP contribution in [0.3, 0.4) is 0 Å². The van der Waals surface area contributed by atoms with E-state index in [1.54, 1.807) is 17.8 Å². The molecule has 0 aromatic carbocycles. The van der Waals surface area contributed by atoms with Gasteiger partial charge in [0, 0.05) is 12.3 Å². The Morgan fingerprint density at radius 1 is 1.19 bits per heavy atom. The van der Waals surface area contributed by atoms with Crippen molar-refractivity contribution in [3.05, 3.63) is 11.9 Å². The van der Waals surface area contributed by atoms with Gasteiger partial charge in [0.2, 0.25) is 17.7 Å². The number of nitrogens with zero attached hydrogens (tertiary/aromatic N) is 2. The van der Waals surface area contributed by atoms with Crippen LogP contribution in [0.2, 0.25) is 0 Å². The second-order valence-electron chi connectivity index (χ2n) is 6.05. The molecular weight excluding hydrogens is 358 g/mol. The van der Waals surface area contributed by atoms with Crippen LogP contribution in [0.1, 0.15) is 31.5 Å². The van der Waals surface area contributed by atoms with Crippen molar-refractivity contribution in [2.45, 2.75) is 31.4 Å². The molecule has 2 atom stereocenters. The number of amides is 1. The summed E-state index contributed by atoms with van der Waals surface area (Å²) in [5, 5.41) is 12.1. The van der Waals surface area contributed by atoms with E-state index in [1.807, 2.05) is 0 Å². The molecule has 1 aliphatic carbocycles. The Bertz CT molecular complexity index is 606. The lowest BCUT2D eigenvalue weighted by Gasteiger charge is -2.27. The third kappa shape index (κ3) is 5.76. The van der Waals surface area contributed by atoms with Gasteiger partial charge in [0.05, 0.1) is 37.9 Å². The zero-order valence-electron chi connectivity index (χ0n) is 15.1. The van der Waals surface area contributed by atoms with Crippen LogP contribution in [0.15, 0.2) is 6.07 Å². The zero-order chi connectivity index (χ0) is 18.9. The van der Waals surface area contributed by atoms with Gasteiger partial charge < -0.3 is 19.9 Å². The lowest BCUT2D eigenvalue weighted by molar-refractivity contribution is -0.148. The number of methoxy groups -OCH3 is 2. The van der Waals surface area contributed by atoms with Gasteiger partial charge in [0.1, 0.15) is 5.82 Å². The minimum Gasteiger partial charge on any atom is -0.481 e. The highest BCUT2D eigenvalue weighted by atomic mass is 32.2. The average Bonchev–Trinajstić information content (AvgIpc) is 2.67. The molecule has 9 heteroatoms. The van der Waals surface area contributed by atoms with Gasteiger partial charge in [-0.1, -0.05) is 12.8 Å². The number of carbonyl (C=O) groups is 2. The molecule has 1 fully saturated rings. The lowest BCUT2D eigenvalue weighted by atomic mass is 9.79. The molecule has 0 radical (unpaired) electrons. The van der Waals surface area contributed by atoms with Crippen molar-refractivity contribution in [1.82, 2.24) is 15.3 Å². The molecule has 26 heavy (non-hydrogen) atoms. The van der Waals surface area contributed by atoms with Crippen molar-refractivity contribution in [2.24, 2.45) is 11.8 Å². The van der Waals surface area contributed by atoms with Crippen LogP contribution < -0.4 is 14.8 Å². The van der Waals surface area contributed by atoms with Gasteiger partial charge in [0.25, 0.3) is 0 Å². The number of hydrogen-bond donors (Lipinski definition) is 2. The largest absolute Gasteiger partial charge is 0.481 e. The van der Waals surface area contributed by atoms with Gasteiger partial charge in [-0.3, -0.25) is 9.59 Å². The second kappa shape index (κ2) is 10.2. The van der Waals surface area contributed by atoms with Crippen LogP contribution in [0.4, 0.5) is 0 Å². The maximum absolute atomic E-state index is 12.3. The first kappa shape index (κ1) is 20.3. The zero-order valence-corrected chi connectivity index (χ0v) is 15.9. The van der Waals surface area contributed by atoms with E-state index in [0.29, 0.717) is 48.5 Å². The summed E-state index contributed by atoms with van der Waals surface area (Å²) in [4.78, 5) is 32.1. The Balaban J connectivity index is 1.75. The number of nitrogens with one attached hydrogen (secondary N) is 1. The Hall–Kier alpha value is -2.03. The summed E-state index contributed by atoms with van der Waals surface area (Å²) >= 11 is 1.57.